The number of carbonyl (C=O) groups is 1. The lowest BCUT2D eigenvalue weighted by atomic mass is 10.1. The second-order valence-corrected chi connectivity index (χ2v) is 9.89. The van der Waals surface area contributed by atoms with Gasteiger partial charge in [0.2, 0.25) is 16.8 Å². The summed E-state index contributed by atoms with van der Waals surface area (Å²) in [6, 6.07) is 14.6. The maximum Gasteiger partial charge on any atom is 0.259 e. The molecule has 3 aliphatic heterocycles. The fraction of sp³-hybridized carbons (Fsp3) is 0.208. The van der Waals surface area contributed by atoms with E-state index in [0.717, 1.165) is 0 Å². The van der Waals surface area contributed by atoms with Crippen molar-refractivity contribution in [1.29, 1.82) is 0 Å². The van der Waals surface area contributed by atoms with Crippen LogP contribution in [0.2, 0.25) is 0 Å². The quantitative estimate of drug-likeness (QED) is 0.583. The Morgan fingerprint density at radius 2 is 1.69 bits per heavy atom. The monoisotopic (exact) mass is 496 g/mol. The third-order valence-corrected chi connectivity index (χ3v) is 7.73. The van der Waals surface area contributed by atoms with Gasteiger partial charge in [0, 0.05) is 25.2 Å². The largest absolute Gasteiger partial charge is 0.456 e. The highest BCUT2D eigenvalue weighted by atomic mass is 32.2. The fourth-order valence-electron chi connectivity index (χ4n) is 4.04. The molecule has 1 N–H and O–H groups in total. The van der Waals surface area contributed by atoms with Crippen molar-refractivity contribution in [3.8, 4) is 34.5 Å². The number of para-hydroxylation sites is 2. The van der Waals surface area contributed by atoms with E-state index in [4.69, 9.17) is 23.7 Å². The molecule has 10 nitrogen and oxygen atoms in total. The molecule has 0 spiro atoms. The van der Waals surface area contributed by atoms with E-state index in [1.807, 2.05) is 0 Å². The van der Waals surface area contributed by atoms with Gasteiger partial charge in [0.25, 0.3) is 5.91 Å². The average Bonchev–Trinajstić information content (AvgIpc) is 3.28. The molecule has 0 saturated carbocycles. The minimum atomic E-state index is -4.02. The van der Waals surface area contributed by atoms with E-state index in [9.17, 15) is 13.2 Å². The summed E-state index contributed by atoms with van der Waals surface area (Å²) in [5.41, 5.74) is 0.551. The third kappa shape index (κ3) is 3.93. The summed E-state index contributed by atoms with van der Waals surface area (Å²) in [7, 11) is -4.02. The SMILES string of the molecule is O=C1Nc2ccccc2Oc2cc(Oc3ccc4c(c3)OCO4)c(S(=O)(=O)N3CCOCC3)cc21. The van der Waals surface area contributed by atoms with Crippen molar-refractivity contribution < 1.29 is 36.9 Å². The number of ether oxygens (including phenoxy) is 5. The zero-order valence-corrected chi connectivity index (χ0v) is 19.2. The van der Waals surface area contributed by atoms with Crippen molar-refractivity contribution in [3.05, 3.63) is 60.2 Å². The van der Waals surface area contributed by atoms with Crippen molar-refractivity contribution in [2.45, 2.75) is 4.90 Å². The maximum absolute atomic E-state index is 13.7. The second kappa shape index (κ2) is 8.45. The lowest BCUT2D eigenvalue weighted by Crippen LogP contribution is -2.40. The van der Waals surface area contributed by atoms with Crippen LogP contribution in [-0.2, 0) is 14.8 Å². The van der Waals surface area contributed by atoms with Gasteiger partial charge in [0.05, 0.1) is 24.5 Å². The topological polar surface area (TPSA) is 113 Å². The maximum atomic E-state index is 13.7. The Labute approximate surface area is 201 Å². The number of morpholine rings is 1. The summed E-state index contributed by atoms with van der Waals surface area (Å²) >= 11 is 0. The van der Waals surface area contributed by atoms with Gasteiger partial charge < -0.3 is 29.0 Å². The summed E-state index contributed by atoms with van der Waals surface area (Å²) in [6.45, 7) is 1.04. The van der Waals surface area contributed by atoms with E-state index >= 15 is 0 Å². The number of benzene rings is 3. The number of nitrogens with one attached hydrogen (secondary N) is 1. The van der Waals surface area contributed by atoms with Crippen LogP contribution in [-0.4, -0.2) is 51.7 Å². The van der Waals surface area contributed by atoms with Gasteiger partial charge in [0.1, 0.15) is 16.4 Å². The molecule has 1 saturated heterocycles. The first-order valence-electron chi connectivity index (χ1n) is 10.9. The van der Waals surface area contributed by atoms with Crippen molar-refractivity contribution in [3.63, 3.8) is 0 Å². The van der Waals surface area contributed by atoms with Crippen LogP contribution in [0, 0.1) is 0 Å². The van der Waals surface area contributed by atoms with Crippen molar-refractivity contribution in [2.24, 2.45) is 0 Å². The minimum Gasteiger partial charge on any atom is -0.456 e. The molecule has 1 amide bonds. The Bertz CT molecular complexity index is 1430. The molecule has 6 rings (SSSR count). The molecule has 3 aromatic rings. The van der Waals surface area contributed by atoms with Crippen molar-refractivity contribution >= 4 is 21.6 Å². The molecular formula is C24H20N2O8S. The summed E-state index contributed by atoms with van der Waals surface area (Å²) in [5, 5.41) is 2.77. The van der Waals surface area contributed by atoms with E-state index in [1.165, 1.54) is 16.4 Å². The first-order valence-corrected chi connectivity index (χ1v) is 12.3. The van der Waals surface area contributed by atoms with Crippen LogP contribution in [0.25, 0.3) is 0 Å². The van der Waals surface area contributed by atoms with E-state index in [-0.39, 0.29) is 55.1 Å². The van der Waals surface area contributed by atoms with Gasteiger partial charge in [-0.25, -0.2) is 8.42 Å². The highest BCUT2D eigenvalue weighted by Crippen LogP contribution is 2.43. The Morgan fingerprint density at radius 1 is 0.886 bits per heavy atom. The molecular weight excluding hydrogens is 476 g/mol. The molecule has 11 heteroatoms. The Kier molecular flexibility index (Phi) is 5.24. The highest BCUT2D eigenvalue weighted by molar-refractivity contribution is 7.89. The molecule has 3 aliphatic rings. The predicted octanol–water partition coefficient (Wildman–Crippen LogP) is 3.59. The number of amides is 1. The molecule has 1 fully saturated rings. The number of anilines is 1. The first-order chi connectivity index (χ1) is 17.0. The van der Waals surface area contributed by atoms with Crippen LogP contribution in [0.4, 0.5) is 5.69 Å². The summed E-state index contributed by atoms with van der Waals surface area (Å²) in [4.78, 5) is 12.9. The zero-order chi connectivity index (χ0) is 24.0. The van der Waals surface area contributed by atoms with E-state index in [1.54, 1.807) is 42.5 Å². The molecule has 0 aliphatic carbocycles. The fourth-order valence-corrected chi connectivity index (χ4v) is 5.57. The minimum absolute atomic E-state index is 0.0151. The Morgan fingerprint density at radius 3 is 2.54 bits per heavy atom. The van der Waals surface area contributed by atoms with Crippen molar-refractivity contribution in [2.75, 3.05) is 38.4 Å². The number of nitrogens with zero attached hydrogens (tertiary/aromatic N) is 1. The van der Waals surface area contributed by atoms with Crippen LogP contribution in [0.15, 0.2) is 59.5 Å². The molecule has 3 aromatic carbocycles. The van der Waals surface area contributed by atoms with Crippen LogP contribution < -0.4 is 24.3 Å². The van der Waals surface area contributed by atoms with Gasteiger partial charge in [-0.1, -0.05) is 12.1 Å². The smallest absolute Gasteiger partial charge is 0.259 e. The molecule has 0 radical (unpaired) electrons. The summed E-state index contributed by atoms with van der Waals surface area (Å²) in [5.74, 6) is 1.52. The number of hydrogen-bond donors (Lipinski definition) is 1. The average molecular weight is 496 g/mol. The number of fused-ring (bicyclic) bond motifs is 3. The number of hydrogen-bond acceptors (Lipinski definition) is 8. The summed E-state index contributed by atoms with van der Waals surface area (Å²) in [6.07, 6.45) is 0. The van der Waals surface area contributed by atoms with E-state index in [2.05, 4.69) is 5.32 Å². The second-order valence-electron chi connectivity index (χ2n) is 7.98. The van der Waals surface area contributed by atoms with Crippen LogP contribution in [0.1, 0.15) is 10.4 Å². The first kappa shape index (κ1) is 21.7. The van der Waals surface area contributed by atoms with Crippen LogP contribution >= 0.6 is 0 Å². The van der Waals surface area contributed by atoms with Gasteiger partial charge in [0.15, 0.2) is 23.0 Å². The molecule has 35 heavy (non-hydrogen) atoms. The number of rotatable bonds is 4. The van der Waals surface area contributed by atoms with Crippen LogP contribution in [0.5, 0.6) is 34.5 Å². The standard InChI is InChI=1S/C24H20N2O8S/c27-24-16-12-23(35(28,29)26-7-9-30-10-8-26)22(33-15-5-6-19-21(11-15)32-14-31-19)13-20(16)34-18-4-2-1-3-17(18)25-24/h1-6,11-13H,7-10,14H2,(H,25,27). The third-order valence-electron chi connectivity index (χ3n) is 5.81. The van der Waals surface area contributed by atoms with Gasteiger partial charge in [-0.15, -0.1) is 0 Å². The molecule has 180 valence electrons. The van der Waals surface area contributed by atoms with E-state index in [0.29, 0.717) is 28.7 Å². The molecule has 0 unspecified atom stereocenters. The Balaban J connectivity index is 1.48. The number of sulfonamides is 1. The van der Waals surface area contributed by atoms with Crippen molar-refractivity contribution in [1.82, 2.24) is 4.31 Å². The van der Waals surface area contributed by atoms with Crippen LogP contribution in [0.3, 0.4) is 0 Å². The van der Waals surface area contributed by atoms with E-state index < -0.39 is 15.9 Å². The number of carbonyl (C=O) groups excluding carboxylic acids is 1. The van der Waals surface area contributed by atoms with Gasteiger partial charge >= 0.3 is 0 Å². The highest BCUT2D eigenvalue weighted by Gasteiger charge is 2.33. The molecule has 0 bridgehead atoms. The van der Waals surface area contributed by atoms with Gasteiger partial charge in [-0.3, -0.25) is 4.79 Å². The predicted molar refractivity (Wildman–Crippen MR) is 123 cm³/mol. The summed E-state index contributed by atoms with van der Waals surface area (Å²) < 4.78 is 56.7. The van der Waals surface area contributed by atoms with Gasteiger partial charge in [-0.05, 0) is 30.3 Å². The lowest BCUT2D eigenvalue weighted by molar-refractivity contribution is 0.0729. The normalized spacial score (nSPS) is 17.0. The van der Waals surface area contributed by atoms with Gasteiger partial charge in [-0.2, -0.15) is 4.31 Å². The molecule has 0 atom stereocenters. The molecule has 3 heterocycles. The molecule has 0 aromatic heterocycles. The Hall–Kier alpha value is -3.80. The zero-order valence-electron chi connectivity index (χ0n) is 18.4. The lowest BCUT2D eigenvalue weighted by Gasteiger charge is -2.27.